The molecule has 1 aliphatic heterocycles. The topological polar surface area (TPSA) is 65.8 Å². The van der Waals surface area contributed by atoms with Crippen LogP contribution in [-0.2, 0) is 27.4 Å². The highest BCUT2D eigenvalue weighted by molar-refractivity contribution is 6.30. The molecule has 0 saturated carbocycles. The van der Waals surface area contributed by atoms with Gasteiger partial charge in [0, 0.05) is 24.5 Å². The number of aromatic nitrogens is 2. The van der Waals surface area contributed by atoms with Crippen molar-refractivity contribution in [3.05, 3.63) is 77.3 Å². The van der Waals surface area contributed by atoms with Crippen LogP contribution < -0.4 is 9.64 Å². The van der Waals surface area contributed by atoms with Crippen LogP contribution in [0.3, 0.4) is 0 Å². The molecule has 0 spiro atoms. The molecule has 1 amide bonds. The van der Waals surface area contributed by atoms with Gasteiger partial charge in [0.15, 0.2) is 0 Å². The number of carbonyl (C=O) groups is 1. The van der Waals surface area contributed by atoms with Gasteiger partial charge in [-0.05, 0) is 41.8 Å². The Labute approximate surface area is 198 Å². The van der Waals surface area contributed by atoms with E-state index in [-0.39, 0.29) is 12.0 Å². The van der Waals surface area contributed by atoms with Crippen molar-refractivity contribution in [2.75, 3.05) is 18.6 Å². The van der Waals surface area contributed by atoms with E-state index in [0.29, 0.717) is 36.2 Å². The zero-order chi connectivity index (χ0) is 23.2. The standard InChI is InChI=1S/C25H28ClN3O4/c1-3-4-13-31-25-24(30)28(2)21-14-19(7-10-22(21)33-25)23(15-29-12-11-27-17-29)32-16-18-5-8-20(26)9-6-18/h5-12,14,17,23,25H,3-4,13,15-16H2,1-2H3/t23-,25+/m0/s1. The number of unbranched alkanes of at least 4 members (excludes halogenated alkanes) is 1. The van der Waals surface area contributed by atoms with Gasteiger partial charge in [0.2, 0.25) is 0 Å². The average Bonchev–Trinajstić information content (AvgIpc) is 3.34. The third kappa shape index (κ3) is 5.74. The fourth-order valence-electron chi connectivity index (χ4n) is 3.60. The van der Waals surface area contributed by atoms with E-state index in [1.807, 2.05) is 53.2 Å². The van der Waals surface area contributed by atoms with Crippen molar-refractivity contribution in [3.63, 3.8) is 0 Å². The zero-order valence-corrected chi connectivity index (χ0v) is 19.6. The third-order valence-electron chi connectivity index (χ3n) is 5.55. The van der Waals surface area contributed by atoms with E-state index in [1.165, 1.54) is 0 Å². The quantitative estimate of drug-likeness (QED) is 0.391. The summed E-state index contributed by atoms with van der Waals surface area (Å²) in [6, 6.07) is 13.4. The monoisotopic (exact) mass is 469 g/mol. The molecule has 2 aromatic carbocycles. The van der Waals surface area contributed by atoms with E-state index in [2.05, 4.69) is 11.9 Å². The molecule has 0 bridgehead atoms. The molecule has 1 aromatic heterocycles. The Morgan fingerprint density at radius 3 is 2.76 bits per heavy atom. The van der Waals surface area contributed by atoms with Crippen LogP contribution in [0, 0.1) is 0 Å². The summed E-state index contributed by atoms with van der Waals surface area (Å²) in [5.74, 6) is 0.394. The van der Waals surface area contributed by atoms with Crippen LogP contribution >= 0.6 is 11.6 Å². The summed E-state index contributed by atoms with van der Waals surface area (Å²) >= 11 is 6.00. The number of hydrogen-bond acceptors (Lipinski definition) is 5. The lowest BCUT2D eigenvalue weighted by molar-refractivity contribution is -0.151. The van der Waals surface area contributed by atoms with Gasteiger partial charge in [-0.15, -0.1) is 0 Å². The largest absolute Gasteiger partial charge is 0.453 e. The van der Waals surface area contributed by atoms with Gasteiger partial charge in [-0.3, -0.25) is 4.79 Å². The molecular formula is C25H28ClN3O4. The number of carbonyl (C=O) groups excluding carboxylic acids is 1. The van der Waals surface area contributed by atoms with Gasteiger partial charge >= 0.3 is 0 Å². The van der Waals surface area contributed by atoms with Gasteiger partial charge in [0.1, 0.15) is 11.9 Å². The van der Waals surface area contributed by atoms with Crippen LogP contribution in [0.4, 0.5) is 5.69 Å². The minimum atomic E-state index is -0.914. The second kappa shape index (κ2) is 10.8. The number of hydrogen-bond donors (Lipinski definition) is 0. The van der Waals surface area contributed by atoms with E-state index in [1.54, 1.807) is 24.5 Å². The minimum absolute atomic E-state index is 0.219. The first-order valence-electron chi connectivity index (χ1n) is 11.1. The summed E-state index contributed by atoms with van der Waals surface area (Å²) in [6.45, 7) is 3.56. The Bertz CT molecular complexity index is 1060. The maximum Gasteiger partial charge on any atom is 0.296 e. The molecular weight excluding hydrogens is 442 g/mol. The maximum absolute atomic E-state index is 12.8. The lowest BCUT2D eigenvalue weighted by Gasteiger charge is -2.32. The van der Waals surface area contributed by atoms with Gasteiger partial charge in [-0.2, -0.15) is 0 Å². The number of benzene rings is 2. The van der Waals surface area contributed by atoms with Crippen molar-refractivity contribution in [1.82, 2.24) is 9.55 Å². The van der Waals surface area contributed by atoms with Crippen molar-refractivity contribution < 1.29 is 19.0 Å². The second-order valence-electron chi connectivity index (χ2n) is 7.98. The van der Waals surface area contributed by atoms with Crippen molar-refractivity contribution in [3.8, 4) is 5.75 Å². The lowest BCUT2D eigenvalue weighted by atomic mass is 10.1. The number of imidazole rings is 1. The molecule has 1 aliphatic rings. The van der Waals surface area contributed by atoms with E-state index >= 15 is 0 Å². The maximum atomic E-state index is 12.8. The van der Waals surface area contributed by atoms with Gasteiger partial charge in [0.25, 0.3) is 12.2 Å². The van der Waals surface area contributed by atoms with Crippen molar-refractivity contribution >= 4 is 23.2 Å². The molecule has 4 rings (SSSR count). The fraction of sp³-hybridized carbons (Fsp3) is 0.360. The summed E-state index contributed by atoms with van der Waals surface area (Å²) in [4.78, 5) is 18.5. The summed E-state index contributed by atoms with van der Waals surface area (Å²) in [7, 11) is 1.74. The summed E-state index contributed by atoms with van der Waals surface area (Å²) < 4.78 is 19.8. The van der Waals surface area contributed by atoms with Crippen LogP contribution in [0.5, 0.6) is 5.75 Å². The van der Waals surface area contributed by atoms with E-state index in [0.717, 1.165) is 24.0 Å². The van der Waals surface area contributed by atoms with Crippen LogP contribution in [0.1, 0.15) is 37.0 Å². The minimum Gasteiger partial charge on any atom is -0.453 e. The first kappa shape index (κ1) is 23.3. The highest BCUT2D eigenvalue weighted by Gasteiger charge is 2.33. The van der Waals surface area contributed by atoms with Crippen LogP contribution in [0.2, 0.25) is 5.02 Å². The highest BCUT2D eigenvalue weighted by atomic mass is 35.5. The van der Waals surface area contributed by atoms with Crippen molar-refractivity contribution in [1.29, 1.82) is 0 Å². The summed E-state index contributed by atoms with van der Waals surface area (Å²) in [5.41, 5.74) is 2.65. The first-order valence-corrected chi connectivity index (χ1v) is 11.4. The first-order chi connectivity index (χ1) is 16.0. The molecule has 0 unspecified atom stereocenters. The second-order valence-corrected chi connectivity index (χ2v) is 8.42. The van der Waals surface area contributed by atoms with Gasteiger partial charge in [-0.25, -0.2) is 4.98 Å². The molecule has 0 fully saturated rings. The normalized spacial score (nSPS) is 16.4. The molecule has 0 radical (unpaired) electrons. The number of likely N-dealkylation sites (N-methyl/N-ethyl adjacent to an activating group) is 1. The number of rotatable bonds is 10. The van der Waals surface area contributed by atoms with E-state index in [4.69, 9.17) is 25.8 Å². The molecule has 2 heterocycles. The third-order valence-corrected chi connectivity index (χ3v) is 5.80. The summed E-state index contributed by atoms with van der Waals surface area (Å²) in [5, 5.41) is 0.688. The Hall–Kier alpha value is -2.87. The van der Waals surface area contributed by atoms with Gasteiger partial charge in [-0.1, -0.05) is 43.1 Å². The molecule has 3 aromatic rings. The zero-order valence-electron chi connectivity index (χ0n) is 18.8. The molecule has 2 atom stereocenters. The molecule has 0 aliphatic carbocycles. The number of halogens is 1. The van der Waals surface area contributed by atoms with E-state index in [9.17, 15) is 4.79 Å². The van der Waals surface area contributed by atoms with Crippen molar-refractivity contribution in [2.24, 2.45) is 0 Å². The van der Waals surface area contributed by atoms with Crippen LogP contribution in [0.25, 0.3) is 0 Å². The van der Waals surface area contributed by atoms with Gasteiger partial charge < -0.3 is 23.7 Å². The molecule has 0 N–H and O–H groups in total. The van der Waals surface area contributed by atoms with Crippen LogP contribution in [-0.4, -0.2) is 35.4 Å². The fourth-order valence-corrected chi connectivity index (χ4v) is 3.72. The Morgan fingerprint density at radius 1 is 1.21 bits per heavy atom. The van der Waals surface area contributed by atoms with Gasteiger partial charge in [0.05, 0.1) is 31.8 Å². The molecule has 33 heavy (non-hydrogen) atoms. The molecule has 174 valence electrons. The number of anilines is 1. The predicted octanol–water partition coefficient (Wildman–Crippen LogP) is 4.99. The molecule has 8 heteroatoms. The number of amides is 1. The number of ether oxygens (including phenoxy) is 3. The Balaban J connectivity index is 1.54. The SMILES string of the molecule is CCCCO[C@@H]1Oc2ccc([C@H](Cn3ccnc3)OCc3ccc(Cl)cc3)cc2N(C)C1=O. The average molecular weight is 470 g/mol. The molecule has 0 saturated heterocycles. The highest BCUT2D eigenvalue weighted by Crippen LogP contribution is 2.37. The van der Waals surface area contributed by atoms with Crippen LogP contribution in [0.15, 0.2) is 61.2 Å². The number of nitrogens with zero attached hydrogens (tertiary/aromatic N) is 3. The number of fused-ring (bicyclic) bond motifs is 1. The smallest absolute Gasteiger partial charge is 0.296 e. The Morgan fingerprint density at radius 2 is 2.03 bits per heavy atom. The lowest BCUT2D eigenvalue weighted by Crippen LogP contribution is -2.45. The molecule has 7 nitrogen and oxygen atoms in total. The van der Waals surface area contributed by atoms with Crippen molar-refractivity contribution in [2.45, 2.75) is 45.3 Å². The Kier molecular flexibility index (Phi) is 7.65. The predicted molar refractivity (Wildman–Crippen MR) is 126 cm³/mol. The van der Waals surface area contributed by atoms with E-state index < -0.39 is 6.29 Å². The summed E-state index contributed by atoms with van der Waals surface area (Å²) in [6.07, 6.45) is 6.09.